The number of carbonyl (C=O) groups is 1. The summed E-state index contributed by atoms with van der Waals surface area (Å²) in [7, 11) is 0. The molecule has 0 saturated heterocycles. The quantitative estimate of drug-likeness (QED) is 0.816. The Bertz CT molecular complexity index is 675. The Morgan fingerprint density at radius 3 is 2.80 bits per heavy atom. The molecule has 0 aliphatic heterocycles. The second-order valence-electron chi connectivity index (χ2n) is 4.80. The normalized spacial score (nSPS) is 15.9. The molecule has 2 aromatic rings. The van der Waals surface area contributed by atoms with Crippen LogP contribution in [0.4, 0.5) is 0 Å². The molecule has 0 bridgehead atoms. The number of fused-ring (bicyclic) bond motifs is 1. The van der Waals surface area contributed by atoms with Crippen LogP contribution in [-0.4, -0.2) is 16.6 Å². The van der Waals surface area contributed by atoms with Gasteiger partial charge in [-0.3, -0.25) is 4.79 Å². The minimum absolute atomic E-state index is 0.220. The van der Waals surface area contributed by atoms with E-state index in [4.69, 9.17) is 0 Å². The largest absolute Gasteiger partial charge is 0.356 e. The molecule has 1 aromatic heterocycles. The van der Waals surface area contributed by atoms with Crippen molar-refractivity contribution in [2.24, 2.45) is 5.10 Å². The molecule has 1 aromatic carbocycles. The third-order valence-corrected chi connectivity index (χ3v) is 3.86. The smallest absolute Gasteiger partial charge is 0.287 e. The van der Waals surface area contributed by atoms with Crippen molar-refractivity contribution in [1.29, 1.82) is 0 Å². The molecule has 0 atom stereocenters. The van der Waals surface area contributed by atoms with Gasteiger partial charge in [-0.1, -0.05) is 24.3 Å². The number of halogens is 1. The van der Waals surface area contributed by atoms with Crippen molar-refractivity contribution in [1.82, 2.24) is 10.4 Å². The molecule has 0 radical (unpaired) electrons. The van der Waals surface area contributed by atoms with Crippen LogP contribution < -0.4 is 5.43 Å². The Kier molecular flexibility index (Phi) is 3.69. The summed E-state index contributed by atoms with van der Waals surface area (Å²) in [5, 5.41) is 4.25. The number of aromatic nitrogens is 1. The molecule has 20 heavy (non-hydrogen) atoms. The molecule has 1 amide bonds. The first-order chi connectivity index (χ1) is 9.72. The Balaban J connectivity index is 1.67. The van der Waals surface area contributed by atoms with Gasteiger partial charge in [0, 0.05) is 22.8 Å². The predicted octanol–water partition coefficient (Wildman–Crippen LogP) is 3.05. The lowest BCUT2D eigenvalue weighted by atomic mass is 9.90. The molecule has 1 aliphatic rings. The fourth-order valence-corrected chi connectivity index (χ4v) is 2.69. The number of carbonyl (C=O) groups excluding carboxylic acids is 1. The molecule has 3 rings (SSSR count). The van der Waals surface area contributed by atoms with Crippen LogP contribution in [0.1, 0.15) is 28.0 Å². The third kappa shape index (κ3) is 2.82. The lowest BCUT2D eigenvalue weighted by molar-refractivity contribution is 0.0950. The van der Waals surface area contributed by atoms with Gasteiger partial charge < -0.3 is 4.98 Å². The molecular weight excluding hydrogens is 318 g/mol. The summed E-state index contributed by atoms with van der Waals surface area (Å²) in [4.78, 5) is 14.8. The summed E-state index contributed by atoms with van der Waals surface area (Å²) < 4.78 is 0.849. The van der Waals surface area contributed by atoms with Crippen LogP contribution >= 0.6 is 15.9 Å². The lowest BCUT2D eigenvalue weighted by Gasteiger charge is -2.17. The predicted molar refractivity (Wildman–Crippen MR) is 81.9 cm³/mol. The average Bonchev–Trinajstić information content (AvgIpc) is 2.91. The first-order valence-electron chi connectivity index (χ1n) is 6.49. The van der Waals surface area contributed by atoms with Gasteiger partial charge in [-0.2, -0.15) is 5.10 Å². The standard InChI is InChI=1S/C15H14BrN3O/c16-12-8-14(17-9-12)15(20)19-18-13-6-5-10-3-1-2-4-11(10)7-13/h1-4,8-9,17H,5-7H2,(H,19,20)/b18-13-. The zero-order valence-electron chi connectivity index (χ0n) is 10.8. The van der Waals surface area contributed by atoms with Crippen LogP contribution in [0.15, 0.2) is 46.1 Å². The van der Waals surface area contributed by atoms with Gasteiger partial charge >= 0.3 is 0 Å². The Labute approximate surface area is 125 Å². The van der Waals surface area contributed by atoms with Crippen LogP contribution in [0.2, 0.25) is 0 Å². The number of hydrogen-bond acceptors (Lipinski definition) is 2. The summed E-state index contributed by atoms with van der Waals surface area (Å²) in [6.07, 6.45) is 4.41. The molecule has 4 nitrogen and oxygen atoms in total. The number of aryl methyl sites for hydroxylation is 1. The summed E-state index contributed by atoms with van der Waals surface area (Å²) in [5.41, 5.74) is 6.80. The average molecular weight is 332 g/mol. The molecule has 0 fully saturated rings. The van der Waals surface area contributed by atoms with Crippen molar-refractivity contribution in [3.63, 3.8) is 0 Å². The first kappa shape index (κ1) is 13.1. The van der Waals surface area contributed by atoms with Crippen LogP contribution in [0.3, 0.4) is 0 Å². The van der Waals surface area contributed by atoms with Crippen molar-refractivity contribution < 1.29 is 4.79 Å². The van der Waals surface area contributed by atoms with E-state index in [0.29, 0.717) is 5.69 Å². The topological polar surface area (TPSA) is 57.2 Å². The summed E-state index contributed by atoms with van der Waals surface area (Å²) in [6.45, 7) is 0. The number of hydrogen-bond donors (Lipinski definition) is 2. The minimum atomic E-state index is -0.220. The maximum Gasteiger partial charge on any atom is 0.287 e. The van der Waals surface area contributed by atoms with E-state index in [1.807, 2.05) is 6.07 Å². The summed E-state index contributed by atoms with van der Waals surface area (Å²) >= 11 is 3.30. The monoisotopic (exact) mass is 331 g/mol. The Hall–Kier alpha value is -1.88. The van der Waals surface area contributed by atoms with Gasteiger partial charge in [-0.15, -0.1) is 0 Å². The van der Waals surface area contributed by atoms with Gasteiger partial charge in [0.15, 0.2) is 0 Å². The summed E-state index contributed by atoms with van der Waals surface area (Å²) in [5.74, 6) is -0.220. The van der Waals surface area contributed by atoms with Crippen LogP contribution in [0.5, 0.6) is 0 Å². The van der Waals surface area contributed by atoms with Crippen molar-refractivity contribution >= 4 is 27.5 Å². The first-order valence-corrected chi connectivity index (χ1v) is 7.28. The van der Waals surface area contributed by atoms with Crippen LogP contribution in [0.25, 0.3) is 0 Å². The van der Waals surface area contributed by atoms with Gasteiger partial charge in [-0.05, 0) is 46.0 Å². The zero-order valence-corrected chi connectivity index (χ0v) is 12.4. The molecular formula is C15H14BrN3O. The van der Waals surface area contributed by atoms with Gasteiger partial charge in [0.25, 0.3) is 5.91 Å². The van der Waals surface area contributed by atoms with Crippen molar-refractivity contribution in [3.05, 3.63) is 57.8 Å². The molecule has 102 valence electrons. The number of aromatic amines is 1. The highest BCUT2D eigenvalue weighted by molar-refractivity contribution is 9.10. The highest BCUT2D eigenvalue weighted by Crippen LogP contribution is 2.19. The molecule has 1 aliphatic carbocycles. The number of hydrazone groups is 1. The third-order valence-electron chi connectivity index (χ3n) is 3.40. The van der Waals surface area contributed by atoms with E-state index in [-0.39, 0.29) is 5.91 Å². The maximum absolute atomic E-state index is 11.9. The maximum atomic E-state index is 11.9. The van der Waals surface area contributed by atoms with E-state index in [1.54, 1.807) is 12.3 Å². The van der Waals surface area contributed by atoms with Gasteiger partial charge in [0.05, 0.1) is 0 Å². The second kappa shape index (κ2) is 5.63. The number of nitrogens with one attached hydrogen (secondary N) is 2. The van der Waals surface area contributed by atoms with E-state index < -0.39 is 0 Å². The molecule has 2 N–H and O–H groups in total. The Morgan fingerprint density at radius 1 is 1.25 bits per heavy atom. The molecule has 0 spiro atoms. The van der Waals surface area contributed by atoms with Gasteiger partial charge in [0.2, 0.25) is 0 Å². The highest BCUT2D eigenvalue weighted by Gasteiger charge is 2.14. The minimum Gasteiger partial charge on any atom is -0.356 e. The van der Waals surface area contributed by atoms with Crippen LogP contribution in [-0.2, 0) is 12.8 Å². The highest BCUT2D eigenvalue weighted by atomic mass is 79.9. The number of nitrogens with zero attached hydrogens (tertiary/aromatic N) is 1. The summed E-state index contributed by atoms with van der Waals surface area (Å²) in [6, 6.07) is 10.1. The van der Waals surface area contributed by atoms with Gasteiger partial charge in [0.1, 0.15) is 5.69 Å². The van der Waals surface area contributed by atoms with Crippen molar-refractivity contribution in [3.8, 4) is 0 Å². The van der Waals surface area contributed by atoms with E-state index in [1.165, 1.54) is 11.1 Å². The van der Waals surface area contributed by atoms with E-state index in [9.17, 15) is 4.79 Å². The van der Waals surface area contributed by atoms with Crippen molar-refractivity contribution in [2.75, 3.05) is 0 Å². The second-order valence-corrected chi connectivity index (χ2v) is 5.71. The SMILES string of the molecule is O=C(N/N=C1/CCc2ccccc2C1)c1cc(Br)c[nH]1. The fraction of sp³-hybridized carbons (Fsp3) is 0.200. The molecule has 0 saturated carbocycles. The lowest BCUT2D eigenvalue weighted by Crippen LogP contribution is -2.22. The zero-order chi connectivity index (χ0) is 13.9. The van der Waals surface area contributed by atoms with E-state index in [2.05, 4.69) is 49.6 Å². The molecule has 0 unspecified atom stereocenters. The van der Waals surface area contributed by atoms with E-state index in [0.717, 1.165) is 29.4 Å². The van der Waals surface area contributed by atoms with Crippen molar-refractivity contribution in [2.45, 2.75) is 19.3 Å². The number of H-pyrrole nitrogens is 1. The van der Waals surface area contributed by atoms with Crippen LogP contribution in [0, 0.1) is 0 Å². The van der Waals surface area contributed by atoms with Gasteiger partial charge in [-0.25, -0.2) is 5.43 Å². The van der Waals surface area contributed by atoms with E-state index >= 15 is 0 Å². The molecule has 1 heterocycles. The number of rotatable bonds is 2. The Morgan fingerprint density at radius 2 is 2.05 bits per heavy atom. The number of benzene rings is 1. The molecule has 5 heteroatoms. The number of amides is 1. The fourth-order valence-electron chi connectivity index (χ4n) is 2.35.